The number of carbonyl (C=O) groups is 3. The molecule has 1 fully saturated rings. The minimum Gasteiger partial charge on any atom is -0.426 e. The molecule has 0 aromatic heterocycles. The van der Waals surface area contributed by atoms with Crippen LogP contribution in [0.1, 0.15) is 30.4 Å². The Bertz CT molecular complexity index is 1210. The Kier molecular flexibility index (Phi) is 5.84. The predicted molar refractivity (Wildman–Crippen MR) is 129 cm³/mol. The summed E-state index contributed by atoms with van der Waals surface area (Å²) in [5.41, 5.74) is 2.08. The molecule has 3 atom stereocenters. The molecule has 5 heteroatoms. The van der Waals surface area contributed by atoms with Crippen LogP contribution in [0.4, 0.5) is 5.69 Å². The maximum atomic E-state index is 13.3. The maximum absolute atomic E-state index is 13.3. The molecule has 3 aromatic carbocycles. The summed E-state index contributed by atoms with van der Waals surface area (Å²) in [7, 11) is 0. The lowest BCUT2D eigenvalue weighted by molar-refractivity contribution is -0.135. The predicted octanol–water partition coefficient (Wildman–Crippen LogP) is 5.13. The van der Waals surface area contributed by atoms with E-state index in [2.05, 4.69) is 0 Å². The summed E-state index contributed by atoms with van der Waals surface area (Å²) in [5, 5.41) is 0. The van der Waals surface area contributed by atoms with Crippen molar-refractivity contribution < 1.29 is 19.1 Å². The largest absolute Gasteiger partial charge is 0.426 e. The van der Waals surface area contributed by atoms with Gasteiger partial charge in [0, 0.05) is 6.07 Å². The SMILES string of the molecule is C[C@@H]1C=CC[C@H]2C(=O)N(c3cccc(OC(=O)C(c4ccccc4)c4ccccc4)c3)C(=O)[C@H]12. The second kappa shape index (κ2) is 9.10. The average Bonchev–Trinajstić information content (AvgIpc) is 3.11. The molecular formula is C29H25NO4. The van der Waals surface area contributed by atoms with Crippen LogP contribution < -0.4 is 9.64 Å². The number of esters is 1. The lowest BCUT2D eigenvalue weighted by Crippen LogP contribution is -2.31. The van der Waals surface area contributed by atoms with Gasteiger partial charge in [0.25, 0.3) is 0 Å². The van der Waals surface area contributed by atoms with Crippen LogP contribution in [-0.2, 0) is 14.4 Å². The van der Waals surface area contributed by atoms with Gasteiger partial charge in [-0.15, -0.1) is 0 Å². The van der Waals surface area contributed by atoms with Gasteiger partial charge in [0.05, 0.1) is 17.5 Å². The molecule has 1 heterocycles. The zero-order valence-corrected chi connectivity index (χ0v) is 18.8. The monoisotopic (exact) mass is 451 g/mol. The Morgan fingerprint density at radius 2 is 1.53 bits per heavy atom. The zero-order chi connectivity index (χ0) is 23.7. The topological polar surface area (TPSA) is 63.7 Å². The van der Waals surface area contributed by atoms with Crippen molar-refractivity contribution in [1.82, 2.24) is 0 Å². The fraction of sp³-hybridized carbons (Fsp3) is 0.207. The second-order valence-corrected chi connectivity index (χ2v) is 8.84. The van der Waals surface area contributed by atoms with Crippen molar-refractivity contribution in [2.75, 3.05) is 4.90 Å². The first-order valence-corrected chi connectivity index (χ1v) is 11.5. The number of imide groups is 1. The molecular weight excluding hydrogens is 426 g/mol. The van der Waals surface area contributed by atoms with Gasteiger partial charge in [-0.2, -0.15) is 0 Å². The normalized spacial score (nSPS) is 21.6. The molecule has 5 nitrogen and oxygen atoms in total. The first-order valence-electron chi connectivity index (χ1n) is 11.5. The molecule has 34 heavy (non-hydrogen) atoms. The highest BCUT2D eigenvalue weighted by Crippen LogP contribution is 2.41. The third-order valence-corrected chi connectivity index (χ3v) is 6.67. The fourth-order valence-corrected chi connectivity index (χ4v) is 5.02. The molecule has 1 aliphatic heterocycles. The lowest BCUT2D eigenvalue weighted by Gasteiger charge is -2.22. The first-order chi connectivity index (χ1) is 16.5. The number of amides is 2. The van der Waals surface area contributed by atoms with Gasteiger partial charge in [0.1, 0.15) is 11.7 Å². The highest BCUT2D eigenvalue weighted by Gasteiger charge is 2.50. The van der Waals surface area contributed by atoms with Crippen LogP contribution in [0.5, 0.6) is 5.75 Å². The zero-order valence-electron chi connectivity index (χ0n) is 18.8. The molecule has 1 aliphatic carbocycles. The van der Waals surface area contributed by atoms with Gasteiger partial charge in [-0.1, -0.05) is 85.8 Å². The van der Waals surface area contributed by atoms with Crippen LogP contribution >= 0.6 is 0 Å². The third-order valence-electron chi connectivity index (χ3n) is 6.67. The van der Waals surface area contributed by atoms with Crippen molar-refractivity contribution in [1.29, 1.82) is 0 Å². The van der Waals surface area contributed by atoms with E-state index in [0.29, 0.717) is 17.9 Å². The number of carbonyl (C=O) groups excluding carboxylic acids is 3. The molecule has 0 spiro atoms. The molecule has 2 aliphatic rings. The molecule has 0 saturated carbocycles. The van der Waals surface area contributed by atoms with Crippen molar-refractivity contribution in [3.63, 3.8) is 0 Å². The summed E-state index contributed by atoms with van der Waals surface area (Å²) in [6.07, 6.45) is 4.55. The van der Waals surface area contributed by atoms with Crippen molar-refractivity contribution >= 4 is 23.5 Å². The first kappa shape index (κ1) is 21.8. The molecule has 1 saturated heterocycles. The standard InChI is InChI=1S/C29H25NO4/c1-19-10-8-17-24-25(19)28(32)30(27(24)31)22-15-9-16-23(18-22)34-29(33)26(20-11-4-2-5-12-20)21-13-6-3-7-14-21/h2-16,18-19,24-26H,17H2,1H3/t19-,24-,25-/m1/s1. The summed E-state index contributed by atoms with van der Waals surface area (Å²) in [5.74, 6) is -1.79. The van der Waals surface area contributed by atoms with Crippen molar-refractivity contribution in [2.45, 2.75) is 19.3 Å². The Balaban J connectivity index is 1.42. The number of benzene rings is 3. The lowest BCUT2D eigenvalue weighted by atomic mass is 9.78. The molecule has 2 amide bonds. The van der Waals surface area contributed by atoms with E-state index in [9.17, 15) is 14.4 Å². The van der Waals surface area contributed by atoms with Crippen molar-refractivity contribution in [2.24, 2.45) is 17.8 Å². The molecule has 0 N–H and O–H groups in total. The molecule has 0 unspecified atom stereocenters. The van der Waals surface area contributed by atoms with E-state index in [1.165, 1.54) is 4.90 Å². The summed E-state index contributed by atoms with van der Waals surface area (Å²) in [6, 6.07) is 25.6. The van der Waals surface area contributed by atoms with Crippen LogP contribution in [-0.4, -0.2) is 17.8 Å². The fourth-order valence-electron chi connectivity index (χ4n) is 5.02. The molecule has 0 radical (unpaired) electrons. The number of hydrogen-bond acceptors (Lipinski definition) is 4. The third kappa shape index (κ3) is 3.94. The number of allylic oxidation sites excluding steroid dienone is 2. The van der Waals surface area contributed by atoms with Gasteiger partial charge in [0.15, 0.2) is 0 Å². The van der Waals surface area contributed by atoms with Gasteiger partial charge in [-0.05, 0) is 35.6 Å². The molecule has 5 rings (SSSR count). The van der Waals surface area contributed by atoms with E-state index in [1.54, 1.807) is 24.3 Å². The number of anilines is 1. The van der Waals surface area contributed by atoms with Gasteiger partial charge >= 0.3 is 5.97 Å². The van der Waals surface area contributed by atoms with Gasteiger partial charge in [-0.3, -0.25) is 14.4 Å². The summed E-state index contributed by atoms with van der Waals surface area (Å²) >= 11 is 0. The number of nitrogens with zero attached hydrogens (tertiary/aromatic N) is 1. The van der Waals surface area contributed by atoms with Crippen LogP contribution in [0, 0.1) is 17.8 Å². The summed E-state index contributed by atoms with van der Waals surface area (Å²) in [6.45, 7) is 1.97. The minimum atomic E-state index is -0.601. The van der Waals surface area contributed by atoms with E-state index in [0.717, 1.165) is 11.1 Å². The Morgan fingerprint density at radius 1 is 0.882 bits per heavy atom. The smallest absolute Gasteiger partial charge is 0.323 e. The van der Waals surface area contributed by atoms with Gasteiger partial charge in [0.2, 0.25) is 11.8 Å². The number of rotatable bonds is 5. The Morgan fingerprint density at radius 3 is 2.15 bits per heavy atom. The Hall–Kier alpha value is -3.99. The van der Waals surface area contributed by atoms with Crippen molar-refractivity contribution in [3.05, 3.63) is 108 Å². The highest BCUT2D eigenvalue weighted by atomic mass is 16.5. The van der Waals surface area contributed by atoms with Gasteiger partial charge < -0.3 is 4.74 Å². The quantitative estimate of drug-likeness (QED) is 0.234. The molecule has 170 valence electrons. The van der Waals surface area contributed by atoms with E-state index >= 15 is 0 Å². The van der Waals surface area contributed by atoms with Crippen LogP contribution in [0.3, 0.4) is 0 Å². The second-order valence-electron chi connectivity index (χ2n) is 8.84. The van der Waals surface area contributed by atoms with E-state index < -0.39 is 11.9 Å². The van der Waals surface area contributed by atoms with Crippen LogP contribution in [0.2, 0.25) is 0 Å². The van der Waals surface area contributed by atoms with E-state index in [4.69, 9.17) is 4.74 Å². The number of hydrogen-bond donors (Lipinski definition) is 0. The number of fused-ring (bicyclic) bond motifs is 1. The molecule has 0 bridgehead atoms. The van der Waals surface area contributed by atoms with E-state index in [-0.39, 0.29) is 29.6 Å². The van der Waals surface area contributed by atoms with Crippen molar-refractivity contribution in [3.8, 4) is 5.75 Å². The summed E-state index contributed by atoms with van der Waals surface area (Å²) < 4.78 is 5.80. The van der Waals surface area contributed by atoms with Crippen LogP contribution in [0.15, 0.2) is 97.1 Å². The summed E-state index contributed by atoms with van der Waals surface area (Å²) in [4.78, 5) is 40.8. The number of ether oxygens (including phenoxy) is 1. The average molecular weight is 452 g/mol. The Labute approximate surface area is 198 Å². The van der Waals surface area contributed by atoms with Crippen LogP contribution in [0.25, 0.3) is 0 Å². The highest BCUT2D eigenvalue weighted by molar-refractivity contribution is 6.22. The maximum Gasteiger partial charge on any atom is 0.323 e. The minimum absolute atomic E-state index is 0.0127. The molecule has 3 aromatic rings. The van der Waals surface area contributed by atoms with E-state index in [1.807, 2.05) is 79.7 Å². The van der Waals surface area contributed by atoms with Gasteiger partial charge in [-0.25, -0.2) is 4.90 Å².